The average Bonchev–Trinajstić information content (AvgIpc) is 3.19. The summed E-state index contributed by atoms with van der Waals surface area (Å²) in [5.74, 6) is 0.920. The van der Waals surface area contributed by atoms with Crippen molar-refractivity contribution in [1.82, 2.24) is 10.3 Å². The van der Waals surface area contributed by atoms with E-state index in [9.17, 15) is 9.59 Å². The zero-order chi connectivity index (χ0) is 16.4. The Morgan fingerprint density at radius 1 is 1.39 bits per heavy atom. The first-order chi connectivity index (χ1) is 11.1. The number of carbonyl (C=O) groups excluding carboxylic acids is 2. The van der Waals surface area contributed by atoms with Crippen LogP contribution in [0.25, 0.3) is 0 Å². The van der Waals surface area contributed by atoms with Crippen molar-refractivity contribution < 1.29 is 14.0 Å². The van der Waals surface area contributed by atoms with Crippen molar-refractivity contribution in [3.8, 4) is 0 Å². The Kier molecular flexibility index (Phi) is 4.47. The highest BCUT2D eigenvalue weighted by atomic mass is 32.1. The molecule has 2 amide bonds. The molecule has 0 unspecified atom stereocenters. The lowest BCUT2D eigenvalue weighted by molar-refractivity contribution is -0.120. The molecule has 0 aliphatic heterocycles. The van der Waals surface area contributed by atoms with Crippen LogP contribution in [0.15, 0.2) is 10.5 Å². The van der Waals surface area contributed by atoms with E-state index < -0.39 is 0 Å². The van der Waals surface area contributed by atoms with Gasteiger partial charge in [-0.05, 0) is 32.3 Å². The van der Waals surface area contributed by atoms with E-state index in [1.165, 1.54) is 4.88 Å². The van der Waals surface area contributed by atoms with E-state index in [4.69, 9.17) is 4.42 Å². The van der Waals surface area contributed by atoms with Crippen LogP contribution in [0.1, 0.15) is 45.3 Å². The third-order valence-corrected chi connectivity index (χ3v) is 4.98. The standard InChI is InChI=1S/C16H19N3O3S/c1-9-11(8-10(22-9)6-7-14(20)17-2)15(21)19-16-18-12-4-3-5-13(12)23-16/h8H,3-7H2,1-2H3,(H,17,20)(H,18,19,21). The molecule has 0 radical (unpaired) electrons. The van der Waals surface area contributed by atoms with Gasteiger partial charge >= 0.3 is 0 Å². The molecule has 23 heavy (non-hydrogen) atoms. The van der Waals surface area contributed by atoms with Crippen LogP contribution in [0.3, 0.4) is 0 Å². The molecule has 0 saturated carbocycles. The number of rotatable bonds is 5. The van der Waals surface area contributed by atoms with Crippen molar-refractivity contribution in [3.05, 3.63) is 33.7 Å². The normalized spacial score (nSPS) is 13.0. The summed E-state index contributed by atoms with van der Waals surface area (Å²) in [6.45, 7) is 1.75. The van der Waals surface area contributed by atoms with Gasteiger partial charge in [0.05, 0.1) is 11.3 Å². The Bertz CT molecular complexity index is 726. The van der Waals surface area contributed by atoms with Gasteiger partial charge in [-0.3, -0.25) is 14.9 Å². The molecule has 1 aliphatic carbocycles. The molecule has 0 aromatic carbocycles. The van der Waals surface area contributed by atoms with E-state index >= 15 is 0 Å². The number of anilines is 1. The second-order valence-electron chi connectivity index (χ2n) is 5.55. The second-order valence-corrected chi connectivity index (χ2v) is 6.64. The minimum atomic E-state index is -0.218. The number of fused-ring (bicyclic) bond motifs is 1. The highest BCUT2D eigenvalue weighted by molar-refractivity contribution is 7.16. The Morgan fingerprint density at radius 3 is 2.96 bits per heavy atom. The summed E-state index contributed by atoms with van der Waals surface area (Å²) >= 11 is 1.55. The number of furan rings is 1. The third kappa shape index (κ3) is 3.44. The Balaban J connectivity index is 1.66. The summed E-state index contributed by atoms with van der Waals surface area (Å²) in [5.41, 5.74) is 1.60. The monoisotopic (exact) mass is 333 g/mol. The van der Waals surface area contributed by atoms with Crippen LogP contribution in [0, 0.1) is 6.92 Å². The molecule has 7 heteroatoms. The molecule has 0 saturated heterocycles. The molecular formula is C16H19N3O3S. The van der Waals surface area contributed by atoms with Crippen LogP contribution in [0.5, 0.6) is 0 Å². The molecule has 0 atom stereocenters. The van der Waals surface area contributed by atoms with Crippen molar-refractivity contribution in [1.29, 1.82) is 0 Å². The SMILES string of the molecule is CNC(=O)CCc1cc(C(=O)Nc2nc3c(s2)CCC3)c(C)o1. The topological polar surface area (TPSA) is 84.2 Å². The molecule has 2 aromatic rings. The smallest absolute Gasteiger partial charge is 0.260 e. The summed E-state index contributed by atoms with van der Waals surface area (Å²) in [6.07, 6.45) is 4.01. The number of hydrogen-bond donors (Lipinski definition) is 2. The van der Waals surface area contributed by atoms with Crippen molar-refractivity contribution >= 4 is 28.3 Å². The number of aromatic nitrogens is 1. The van der Waals surface area contributed by atoms with Crippen molar-refractivity contribution in [2.45, 2.75) is 39.0 Å². The lowest BCUT2D eigenvalue weighted by Gasteiger charge is -1.99. The molecule has 1 aliphatic rings. The minimum absolute atomic E-state index is 0.0534. The molecule has 0 fully saturated rings. The largest absolute Gasteiger partial charge is 0.466 e. The molecule has 6 nitrogen and oxygen atoms in total. The fourth-order valence-corrected chi connectivity index (χ4v) is 3.71. The van der Waals surface area contributed by atoms with Crippen molar-refractivity contribution in [2.24, 2.45) is 0 Å². The lowest BCUT2D eigenvalue weighted by Crippen LogP contribution is -2.17. The first kappa shape index (κ1) is 15.7. The molecule has 0 bridgehead atoms. The number of thiazole rings is 1. The van der Waals surface area contributed by atoms with Crippen molar-refractivity contribution in [2.75, 3.05) is 12.4 Å². The number of nitrogens with zero attached hydrogens (tertiary/aromatic N) is 1. The number of amides is 2. The number of carbonyl (C=O) groups is 2. The van der Waals surface area contributed by atoms with E-state index in [1.807, 2.05) is 0 Å². The quantitative estimate of drug-likeness (QED) is 0.880. The van der Waals surface area contributed by atoms with Gasteiger partial charge in [-0.1, -0.05) is 0 Å². The summed E-state index contributed by atoms with van der Waals surface area (Å²) in [5, 5.41) is 6.06. The molecule has 2 aromatic heterocycles. The van der Waals surface area contributed by atoms with Gasteiger partial charge in [0.15, 0.2) is 5.13 Å². The summed E-state index contributed by atoms with van der Waals surface area (Å²) in [4.78, 5) is 29.4. The summed E-state index contributed by atoms with van der Waals surface area (Å²) in [6, 6.07) is 1.70. The van der Waals surface area contributed by atoms with E-state index in [1.54, 1.807) is 31.4 Å². The average molecular weight is 333 g/mol. The fraction of sp³-hybridized carbons (Fsp3) is 0.438. The maximum atomic E-state index is 12.4. The van der Waals surface area contributed by atoms with Crippen LogP contribution < -0.4 is 10.6 Å². The van der Waals surface area contributed by atoms with Gasteiger partial charge in [-0.2, -0.15) is 0 Å². The first-order valence-corrected chi connectivity index (χ1v) is 8.48. The van der Waals surface area contributed by atoms with Gasteiger partial charge in [-0.15, -0.1) is 11.3 Å². The van der Waals surface area contributed by atoms with Gasteiger partial charge in [0.2, 0.25) is 5.91 Å². The zero-order valence-corrected chi connectivity index (χ0v) is 14.0. The van der Waals surface area contributed by atoms with E-state index in [2.05, 4.69) is 15.6 Å². The molecule has 2 N–H and O–H groups in total. The van der Waals surface area contributed by atoms with Crippen molar-refractivity contribution in [3.63, 3.8) is 0 Å². The number of hydrogen-bond acceptors (Lipinski definition) is 5. The molecule has 122 valence electrons. The van der Waals surface area contributed by atoms with Gasteiger partial charge in [0, 0.05) is 24.8 Å². The van der Waals surface area contributed by atoms with Crippen LogP contribution in [-0.4, -0.2) is 23.8 Å². The van der Waals surface area contributed by atoms with Gasteiger partial charge < -0.3 is 9.73 Å². The third-order valence-electron chi connectivity index (χ3n) is 3.91. The minimum Gasteiger partial charge on any atom is -0.466 e. The van der Waals surface area contributed by atoms with Crippen LogP contribution in [0.4, 0.5) is 5.13 Å². The van der Waals surface area contributed by atoms with Crippen LogP contribution >= 0.6 is 11.3 Å². The Hall–Kier alpha value is -2.15. The summed E-state index contributed by atoms with van der Waals surface area (Å²) < 4.78 is 5.57. The maximum absolute atomic E-state index is 12.4. The highest BCUT2D eigenvalue weighted by Crippen LogP contribution is 2.30. The fourth-order valence-electron chi connectivity index (χ4n) is 2.66. The van der Waals surface area contributed by atoms with E-state index in [-0.39, 0.29) is 11.8 Å². The maximum Gasteiger partial charge on any atom is 0.260 e. The predicted octanol–water partition coefficient (Wildman–Crippen LogP) is 2.46. The summed E-state index contributed by atoms with van der Waals surface area (Å²) in [7, 11) is 1.60. The van der Waals surface area contributed by atoms with E-state index in [0.29, 0.717) is 35.1 Å². The molecular weight excluding hydrogens is 314 g/mol. The highest BCUT2D eigenvalue weighted by Gasteiger charge is 2.20. The first-order valence-electron chi connectivity index (χ1n) is 7.66. The molecule has 2 heterocycles. The molecule has 3 rings (SSSR count). The van der Waals surface area contributed by atoms with Gasteiger partial charge in [0.25, 0.3) is 5.91 Å². The Morgan fingerprint density at radius 2 is 2.22 bits per heavy atom. The number of nitrogens with one attached hydrogen (secondary N) is 2. The predicted molar refractivity (Wildman–Crippen MR) is 87.9 cm³/mol. The van der Waals surface area contributed by atoms with Gasteiger partial charge in [-0.25, -0.2) is 4.98 Å². The lowest BCUT2D eigenvalue weighted by atomic mass is 10.2. The van der Waals surface area contributed by atoms with E-state index in [0.717, 1.165) is 25.0 Å². The second kappa shape index (κ2) is 6.54. The van der Waals surface area contributed by atoms with Crippen LogP contribution in [-0.2, 0) is 24.1 Å². The Labute approximate surface area is 138 Å². The molecule has 0 spiro atoms. The number of aryl methyl sites for hydroxylation is 4. The zero-order valence-electron chi connectivity index (χ0n) is 13.2. The van der Waals surface area contributed by atoms with Gasteiger partial charge in [0.1, 0.15) is 11.5 Å². The van der Waals surface area contributed by atoms with Crippen LogP contribution in [0.2, 0.25) is 0 Å².